The standard InChI is InChI=1S/C12H13F3N2O3/c13-12(14,15)5-2-6-16-11(20)17-9-4-1-3-8(7-9)10(18)19/h1,3-4,7H,2,5-6H2,(H,18,19)(H2,16,17,20). The fourth-order valence-electron chi connectivity index (χ4n) is 1.40. The van der Waals surface area contributed by atoms with Crippen molar-refractivity contribution in [2.24, 2.45) is 0 Å². The molecule has 2 amide bonds. The van der Waals surface area contributed by atoms with E-state index in [1.54, 1.807) is 0 Å². The van der Waals surface area contributed by atoms with Gasteiger partial charge in [0.1, 0.15) is 0 Å². The number of rotatable bonds is 5. The van der Waals surface area contributed by atoms with Gasteiger partial charge in [0.2, 0.25) is 0 Å². The van der Waals surface area contributed by atoms with Crippen LogP contribution in [0.1, 0.15) is 23.2 Å². The van der Waals surface area contributed by atoms with Gasteiger partial charge in [-0.25, -0.2) is 9.59 Å². The van der Waals surface area contributed by atoms with Gasteiger partial charge in [0.05, 0.1) is 5.56 Å². The highest BCUT2D eigenvalue weighted by Gasteiger charge is 2.25. The summed E-state index contributed by atoms with van der Waals surface area (Å²) in [4.78, 5) is 22.1. The molecular formula is C12H13F3N2O3. The van der Waals surface area contributed by atoms with E-state index >= 15 is 0 Å². The van der Waals surface area contributed by atoms with Crippen LogP contribution in [0.25, 0.3) is 0 Å². The van der Waals surface area contributed by atoms with Crippen molar-refractivity contribution in [3.05, 3.63) is 29.8 Å². The molecule has 0 saturated heterocycles. The second-order valence-corrected chi connectivity index (χ2v) is 3.99. The second kappa shape index (κ2) is 6.78. The maximum atomic E-state index is 11.9. The molecule has 0 aliphatic rings. The van der Waals surface area contributed by atoms with Crippen molar-refractivity contribution >= 4 is 17.7 Å². The lowest BCUT2D eigenvalue weighted by Crippen LogP contribution is -2.30. The maximum Gasteiger partial charge on any atom is 0.389 e. The summed E-state index contributed by atoms with van der Waals surface area (Å²) in [6, 6.07) is 4.84. The van der Waals surface area contributed by atoms with E-state index in [1.165, 1.54) is 24.3 Å². The number of amides is 2. The molecule has 1 rings (SSSR count). The highest BCUT2D eigenvalue weighted by molar-refractivity contribution is 5.93. The molecule has 8 heteroatoms. The van der Waals surface area contributed by atoms with Crippen molar-refractivity contribution < 1.29 is 27.9 Å². The summed E-state index contributed by atoms with van der Waals surface area (Å²) in [5, 5.41) is 13.4. The fourth-order valence-corrected chi connectivity index (χ4v) is 1.40. The Bertz CT molecular complexity index is 489. The lowest BCUT2D eigenvalue weighted by molar-refractivity contribution is -0.135. The van der Waals surface area contributed by atoms with E-state index in [2.05, 4.69) is 10.6 Å². The van der Waals surface area contributed by atoms with Crippen LogP contribution in [0.15, 0.2) is 24.3 Å². The first-order valence-corrected chi connectivity index (χ1v) is 5.73. The Morgan fingerprint density at radius 3 is 2.55 bits per heavy atom. The Kier molecular flexibility index (Phi) is 5.36. The summed E-state index contributed by atoms with van der Waals surface area (Å²) in [5.74, 6) is -1.14. The molecule has 1 aromatic rings. The molecule has 0 saturated carbocycles. The number of aromatic carboxylic acids is 1. The average molecular weight is 290 g/mol. The van der Waals surface area contributed by atoms with Crippen LogP contribution in [0.5, 0.6) is 0 Å². The summed E-state index contributed by atoms with van der Waals surface area (Å²) in [5.41, 5.74) is 0.248. The molecule has 0 fully saturated rings. The summed E-state index contributed by atoms with van der Waals surface area (Å²) in [6.07, 6.45) is -5.43. The van der Waals surface area contributed by atoms with Gasteiger partial charge in [-0.1, -0.05) is 6.07 Å². The van der Waals surface area contributed by atoms with Crippen LogP contribution in [0, 0.1) is 0 Å². The predicted octanol–water partition coefficient (Wildman–Crippen LogP) is 2.85. The molecule has 0 aliphatic heterocycles. The van der Waals surface area contributed by atoms with Gasteiger partial charge in [0.25, 0.3) is 0 Å². The van der Waals surface area contributed by atoms with Crippen LogP contribution in [0.4, 0.5) is 23.7 Å². The molecule has 0 atom stereocenters. The topological polar surface area (TPSA) is 78.4 Å². The smallest absolute Gasteiger partial charge is 0.389 e. The Balaban J connectivity index is 2.39. The Labute approximate surface area is 112 Å². The number of nitrogens with one attached hydrogen (secondary N) is 2. The van der Waals surface area contributed by atoms with Crippen molar-refractivity contribution in [3.8, 4) is 0 Å². The van der Waals surface area contributed by atoms with Gasteiger partial charge in [-0.2, -0.15) is 13.2 Å². The minimum absolute atomic E-state index is 0.000119. The number of carboxylic acids is 1. The van der Waals surface area contributed by atoms with E-state index in [1.807, 2.05) is 0 Å². The summed E-state index contributed by atoms with van der Waals surface area (Å²) < 4.78 is 35.6. The van der Waals surface area contributed by atoms with Crippen molar-refractivity contribution in [2.45, 2.75) is 19.0 Å². The lowest BCUT2D eigenvalue weighted by atomic mass is 10.2. The van der Waals surface area contributed by atoms with Crippen LogP contribution in [0.2, 0.25) is 0 Å². The van der Waals surface area contributed by atoms with Crippen molar-refractivity contribution in [3.63, 3.8) is 0 Å². The molecule has 0 heterocycles. The number of carboxylic acid groups (broad SMARTS) is 1. The first-order chi connectivity index (χ1) is 9.28. The zero-order valence-corrected chi connectivity index (χ0v) is 10.3. The van der Waals surface area contributed by atoms with Gasteiger partial charge >= 0.3 is 18.2 Å². The van der Waals surface area contributed by atoms with Crippen LogP contribution >= 0.6 is 0 Å². The van der Waals surface area contributed by atoms with Gasteiger partial charge in [0.15, 0.2) is 0 Å². The summed E-state index contributed by atoms with van der Waals surface area (Å²) in [6.45, 7) is -0.121. The van der Waals surface area contributed by atoms with Crippen LogP contribution < -0.4 is 10.6 Å². The number of carbonyl (C=O) groups excluding carboxylic acids is 1. The van der Waals surface area contributed by atoms with E-state index in [-0.39, 0.29) is 24.2 Å². The molecule has 20 heavy (non-hydrogen) atoms. The minimum Gasteiger partial charge on any atom is -0.478 e. The Morgan fingerprint density at radius 1 is 1.25 bits per heavy atom. The van der Waals surface area contributed by atoms with E-state index in [0.717, 1.165) is 0 Å². The van der Waals surface area contributed by atoms with Crippen LogP contribution in [-0.2, 0) is 0 Å². The number of hydrogen-bond donors (Lipinski definition) is 3. The predicted molar refractivity (Wildman–Crippen MR) is 65.7 cm³/mol. The molecule has 3 N–H and O–H groups in total. The molecular weight excluding hydrogens is 277 g/mol. The minimum atomic E-state index is -4.24. The molecule has 0 radical (unpaired) electrons. The quantitative estimate of drug-likeness (QED) is 0.730. The molecule has 0 aromatic heterocycles. The van der Waals surface area contributed by atoms with Crippen LogP contribution in [-0.4, -0.2) is 29.8 Å². The highest BCUT2D eigenvalue weighted by Crippen LogP contribution is 2.20. The molecule has 0 spiro atoms. The molecule has 5 nitrogen and oxygen atoms in total. The van der Waals surface area contributed by atoms with Gasteiger partial charge in [-0.15, -0.1) is 0 Å². The highest BCUT2D eigenvalue weighted by atomic mass is 19.4. The third-order valence-corrected chi connectivity index (χ3v) is 2.29. The third-order valence-electron chi connectivity index (χ3n) is 2.29. The van der Waals surface area contributed by atoms with Gasteiger partial charge in [0, 0.05) is 18.7 Å². The van der Waals surface area contributed by atoms with Crippen molar-refractivity contribution in [1.82, 2.24) is 5.32 Å². The maximum absolute atomic E-state index is 11.9. The SMILES string of the molecule is O=C(NCCCC(F)(F)F)Nc1cccc(C(=O)O)c1. The lowest BCUT2D eigenvalue weighted by Gasteiger charge is -2.09. The second-order valence-electron chi connectivity index (χ2n) is 3.99. The van der Waals surface area contributed by atoms with Crippen LogP contribution in [0.3, 0.4) is 0 Å². The van der Waals surface area contributed by atoms with E-state index in [9.17, 15) is 22.8 Å². The number of carbonyl (C=O) groups is 2. The molecule has 0 unspecified atom stereocenters. The summed E-state index contributed by atoms with van der Waals surface area (Å²) >= 11 is 0. The molecule has 110 valence electrons. The largest absolute Gasteiger partial charge is 0.478 e. The van der Waals surface area contributed by atoms with Gasteiger partial charge in [-0.3, -0.25) is 0 Å². The van der Waals surface area contributed by atoms with Gasteiger partial charge < -0.3 is 15.7 Å². The Hall–Kier alpha value is -2.25. The number of alkyl halides is 3. The summed E-state index contributed by atoms with van der Waals surface area (Å²) in [7, 11) is 0. The number of anilines is 1. The first-order valence-electron chi connectivity index (χ1n) is 5.73. The monoisotopic (exact) mass is 290 g/mol. The Morgan fingerprint density at radius 2 is 1.95 bits per heavy atom. The third kappa shape index (κ3) is 6.07. The molecule has 1 aromatic carbocycles. The average Bonchev–Trinajstić information content (AvgIpc) is 2.34. The van der Waals surface area contributed by atoms with Gasteiger partial charge in [-0.05, 0) is 24.6 Å². The van der Waals surface area contributed by atoms with E-state index in [0.29, 0.717) is 0 Å². The molecule has 0 bridgehead atoms. The zero-order chi connectivity index (χ0) is 15.2. The fraction of sp³-hybridized carbons (Fsp3) is 0.333. The number of halogens is 3. The number of urea groups is 1. The first kappa shape index (κ1) is 15.8. The molecule has 0 aliphatic carbocycles. The van der Waals surface area contributed by atoms with Crippen molar-refractivity contribution in [2.75, 3.05) is 11.9 Å². The number of benzene rings is 1. The van der Waals surface area contributed by atoms with E-state index in [4.69, 9.17) is 5.11 Å². The van der Waals surface area contributed by atoms with E-state index < -0.39 is 24.6 Å². The normalized spacial score (nSPS) is 10.9. The zero-order valence-electron chi connectivity index (χ0n) is 10.3. The van der Waals surface area contributed by atoms with Crippen molar-refractivity contribution in [1.29, 1.82) is 0 Å². The number of hydrogen-bond acceptors (Lipinski definition) is 2.